The molecule has 0 aromatic rings. The van der Waals surface area contributed by atoms with Gasteiger partial charge in [0, 0.05) is 0 Å². The number of aliphatic hydroxyl groups is 13. The maximum Gasteiger partial charge on any atom is 0.187 e. The van der Waals surface area contributed by atoms with Crippen LogP contribution in [0.5, 0.6) is 0 Å². The van der Waals surface area contributed by atoms with Crippen molar-refractivity contribution >= 4 is 0 Å². The van der Waals surface area contributed by atoms with Crippen LogP contribution in [0.1, 0.15) is 0 Å². The second kappa shape index (κ2) is 13.3. The van der Waals surface area contributed by atoms with E-state index in [2.05, 4.69) is 0 Å². The lowest BCUT2D eigenvalue weighted by Crippen LogP contribution is -2.66. The van der Waals surface area contributed by atoms with Crippen molar-refractivity contribution in [3.8, 4) is 0 Å². The van der Waals surface area contributed by atoms with E-state index in [9.17, 15) is 61.3 Å². The van der Waals surface area contributed by atoms with E-state index in [0.717, 1.165) is 0 Å². The van der Waals surface area contributed by atoms with Crippen molar-refractivity contribution < 1.29 is 90.1 Å². The summed E-state index contributed by atoms with van der Waals surface area (Å²) in [6.07, 6.45) is -30.6. The maximum absolute atomic E-state index is 10.7. The average molecular weight is 564 g/mol. The van der Waals surface area contributed by atoms with E-state index in [4.69, 9.17) is 28.8 Å². The fourth-order valence-electron chi connectivity index (χ4n) is 4.41. The number of ether oxygens (including phenoxy) is 5. The van der Waals surface area contributed by atoms with E-state index in [1.165, 1.54) is 0 Å². The summed E-state index contributed by atoms with van der Waals surface area (Å²) in [5, 5.41) is 130. The molecular weight excluding hydrogens is 528 g/mol. The molecule has 0 aromatic carbocycles. The Morgan fingerprint density at radius 2 is 1.16 bits per heavy atom. The van der Waals surface area contributed by atoms with Gasteiger partial charge in [0.1, 0.15) is 85.5 Å². The molecule has 0 bridgehead atoms. The molecule has 224 valence electrons. The molecule has 17 atom stereocenters. The molecule has 38 heavy (non-hydrogen) atoms. The Morgan fingerprint density at radius 3 is 1.76 bits per heavy atom. The van der Waals surface area contributed by atoms with Gasteiger partial charge in [-0.1, -0.05) is 0 Å². The molecular formula is C20H36O18. The molecule has 0 amide bonds. The lowest BCUT2D eigenvalue weighted by molar-refractivity contribution is -0.362. The third-order valence-corrected chi connectivity index (χ3v) is 6.72. The molecule has 0 saturated carbocycles. The second-order valence-corrected chi connectivity index (χ2v) is 9.36. The Morgan fingerprint density at radius 1 is 0.579 bits per heavy atom. The van der Waals surface area contributed by atoms with E-state index < -0.39 is 124 Å². The van der Waals surface area contributed by atoms with Crippen LogP contribution < -0.4 is 0 Å². The van der Waals surface area contributed by atoms with Crippen molar-refractivity contribution in [3.63, 3.8) is 0 Å². The summed E-state index contributed by atoms with van der Waals surface area (Å²) in [5.74, 6) is 0. The highest BCUT2D eigenvalue weighted by Crippen LogP contribution is 2.30. The smallest absolute Gasteiger partial charge is 0.187 e. The van der Waals surface area contributed by atoms with Gasteiger partial charge in [0.25, 0.3) is 0 Å². The van der Waals surface area contributed by atoms with Gasteiger partial charge in [-0.15, -0.1) is 0 Å². The molecule has 3 aliphatic heterocycles. The van der Waals surface area contributed by atoms with Crippen LogP contribution in [0, 0.1) is 0 Å². The van der Waals surface area contributed by atoms with Crippen molar-refractivity contribution in [2.45, 2.75) is 104 Å². The molecule has 0 radical (unpaired) electrons. The fourth-order valence-corrected chi connectivity index (χ4v) is 4.41. The summed E-state index contributed by atoms with van der Waals surface area (Å²) in [6.45, 7) is -2.47. The fraction of sp³-hybridized carbons (Fsp3) is 1.00. The minimum absolute atomic E-state index is 0.790. The van der Waals surface area contributed by atoms with Crippen LogP contribution in [0.25, 0.3) is 0 Å². The van der Waals surface area contributed by atoms with Gasteiger partial charge in [-0.2, -0.15) is 0 Å². The summed E-state index contributed by atoms with van der Waals surface area (Å²) in [5.41, 5.74) is 0. The predicted molar refractivity (Wildman–Crippen MR) is 113 cm³/mol. The lowest BCUT2D eigenvalue weighted by atomic mass is 9.94. The van der Waals surface area contributed by atoms with Crippen LogP contribution in [-0.4, -0.2) is 191 Å². The molecule has 0 aromatic heterocycles. The zero-order valence-corrected chi connectivity index (χ0v) is 19.8. The highest BCUT2D eigenvalue weighted by atomic mass is 16.7. The van der Waals surface area contributed by atoms with E-state index in [1.54, 1.807) is 0 Å². The Kier molecular flexibility index (Phi) is 11.1. The van der Waals surface area contributed by atoms with Gasteiger partial charge in [0.2, 0.25) is 0 Å². The van der Waals surface area contributed by atoms with E-state index in [0.29, 0.717) is 0 Å². The van der Waals surface area contributed by atoms with Gasteiger partial charge in [0.05, 0.1) is 19.8 Å². The Labute approximate surface area is 215 Å². The van der Waals surface area contributed by atoms with Crippen molar-refractivity contribution in [2.75, 3.05) is 19.8 Å². The molecule has 18 nitrogen and oxygen atoms in total. The molecule has 3 heterocycles. The number of aliphatic hydroxyl groups excluding tert-OH is 13. The van der Waals surface area contributed by atoms with Crippen LogP contribution in [0.15, 0.2) is 0 Å². The maximum atomic E-state index is 10.7. The zero-order chi connectivity index (χ0) is 28.5. The van der Waals surface area contributed by atoms with Crippen LogP contribution in [0.2, 0.25) is 0 Å². The first-order chi connectivity index (χ1) is 17.8. The molecule has 3 saturated heterocycles. The molecule has 13 N–H and O–H groups in total. The first-order valence-electron chi connectivity index (χ1n) is 11.8. The highest BCUT2D eigenvalue weighted by molar-refractivity contribution is 4.96. The minimum atomic E-state index is -2.06. The average Bonchev–Trinajstić information content (AvgIpc) is 2.90. The van der Waals surface area contributed by atoms with Crippen LogP contribution in [0.4, 0.5) is 0 Å². The topological polar surface area (TPSA) is 309 Å². The van der Waals surface area contributed by atoms with Crippen molar-refractivity contribution in [2.24, 2.45) is 0 Å². The van der Waals surface area contributed by atoms with Crippen molar-refractivity contribution in [1.29, 1.82) is 0 Å². The molecule has 0 unspecified atom stereocenters. The quantitative estimate of drug-likeness (QED) is 0.124. The molecule has 18 heteroatoms. The standard InChI is InChI=1S/C20H36O18/c21-1-4(23)15-10(28)9(27)11(29)19(37-15)34-3-5(24)16-13(31)17(14(32)18(33)36-16)38-20-12(30)8(26)7(25)6(2-22)35-20/h4-33H,1-3H2/t4-,5-,6+,7+,8-,9-,10-,11-,12+,13+,14-,15+,16+,17-,18-,19-,20+/m0/s1. The number of rotatable bonds is 9. The van der Waals surface area contributed by atoms with Crippen LogP contribution >= 0.6 is 0 Å². The largest absolute Gasteiger partial charge is 0.394 e. The van der Waals surface area contributed by atoms with Gasteiger partial charge < -0.3 is 90.1 Å². The summed E-state index contributed by atoms with van der Waals surface area (Å²) >= 11 is 0. The van der Waals surface area contributed by atoms with Gasteiger partial charge in [0.15, 0.2) is 18.9 Å². The molecule has 3 aliphatic rings. The van der Waals surface area contributed by atoms with Gasteiger partial charge in [-0.25, -0.2) is 0 Å². The minimum Gasteiger partial charge on any atom is -0.394 e. The van der Waals surface area contributed by atoms with Crippen molar-refractivity contribution in [3.05, 3.63) is 0 Å². The number of hydrogen-bond donors (Lipinski definition) is 13. The Balaban J connectivity index is 1.66. The summed E-state index contributed by atoms with van der Waals surface area (Å²) < 4.78 is 25.9. The molecule has 0 aliphatic carbocycles. The van der Waals surface area contributed by atoms with Gasteiger partial charge in [-0.3, -0.25) is 0 Å². The third kappa shape index (κ3) is 6.43. The summed E-state index contributed by atoms with van der Waals surface area (Å²) in [7, 11) is 0. The van der Waals surface area contributed by atoms with E-state index >= 15 is 0 Å². The third-order valence-electron chi connectivity index (χ3n) is 6.72. The first-order valence-corrected chi connectivity index (χ1v) is 11.8. The normalized spacial score (nSPS) is 50.0. The van der Waals surface area contributed by atoms with Gasteiger partial charge >= 0.3 is 0 Å². The van der Waals surface area contributed by atoms with Crippen LogP contribution in [-0.2, 0) is 23.7 Å². The SMILES string of the molecule is OC[C@H](O)[C@H]1O[C@H](OC[C@H](O)[C@H]2O[C@H](O)[C@@H](O)[C@@H](O[C@H]3O[C@H](CO)[C@@H](O)[C@H](O)[C@H]3O)[C@@H]2O)[C@@H](O)[C@@H](O)[C@@H]1O. The molecule has 0 spiro atoms. The first kappa shape index (κ1) is 31.8. The highest BCUT2D eigenvalue weighted by Gasteiger charge is 2.52. The Bertz CT molecular complexity index is 730. The Hall–Kier alpha value is -0.720. The zero-order valence-electron chi connectivity index (χ0n) is 19.8. The number of hydrogen-bond acceptors (Lipinski definition) is 18. The lowest BCUT2D eigenvalue weighted by Gasteiger charge is -2.46. The van der Waals surface area contributed by atoms with Gasteiger partial charge in [-0.05, 0) is 0 Å². The molecule has 3 rings (SSSR count). The van der Waals surface area contributed by atoms with Crippen molar-refractivity contribution in [1.82, 2.24) is 0 Å². The second-order valence-electron chi connectivity index (χ2n) is 9.36. The monoisotopic (exact) mass is 564 g/mol. The van der Waals surface area contributed by atoms with E-state index in [1.807, 2.05) is 0 Å². The van der Waals surface area contributed by atoms with E-state index in [-0.39, 0.29) is 0 Å². The molecule has 3 fully saturated rings. The van der Waals surface area contributed by atoms with Crippen LogP contribution in [0.3, 0.4) is 0 Å². The predicted octanol–water partition coefficient (Wildman–Crippen LogP) is -8.85. The summed E-state index contributed by atoms with van der Waals surface area (Å²) in [4.78, 5) is 0. The summed E-state index contributed by atoms with van der Waals surface area (Å²) in [6, 6.07) is 0.